The molecule has 1 aromatic carbocycles. The van der Waals surface area contributed by atoms with E-state index in [0.717, 1.165) is 0 Å². The van der Waals surface area contributed by atoms with Gasteiger partial charge in [-0.15, -0.1) is 0 Å². The van der Waals surface area contributed by atoms with Crippen molar-refractivity contribution < 1.29 is 13.9 Å². The number of pyridine rings is 1. The van der Waals surface area contributed by atoms with Crippen LogP contribution in [0.1, 0.15) is 10.5 Å². The summed E-state index contributed by atoms with van der Waals surface area (Å²) in [5, 5.41) is 5.18. The van der Waals surface area contributed by atoms with Crippen LogP contribution < -0.4 is 15.2 Å². The van der Waals surface area contributed by atoms with Gasteiger partial charge in [0.25, 0.3) is 11.5 Å². The number of hydrogen-bond acceptors (Lipinski definition) is 6. The zero-order valence-corrected chi connectivity index (χ0v) is 16.1. The Hall–Kier alpha value is -3.49. The number of hydrogen-bond donors (Lipinski definition) is 0. The van der Waals surface area contributed by atoms with Crippen molar-refractivity contribution in [3.05, 3.63) is 58.3 Å². The van der Waals surface area contributed by atoms with Gasteiger partial charge in [0.05, 0.1) is 12.5 Å². The van der Waals surface area contributed by atoms with Gasteiger partial charge in [0.1, 0.15) is 0 Å². The van der Waals surface area contributed by atoms with E-state index in [0.29, 0.717) is 42.8 Å². The zero-order chi connectivity index (χ0) is 20.5. The predicted molar refractivity (Wildman–Crippen MR) is 106 cm³/mol. The minimum Gasteiger partial charge on any atom is -0.481 e. The van der Waals surface area contributed by atoms with Crippen LogP contribution in [0.3, 0.4) is 0 Å². The van der Waals surface area contributed by atoms with Crippen LogP contribution in [0.5, 0.6) is 5.88 Å². The highest BCUT2D eigenvalue weighted by atomic mass is 19.1. The smallest absolute Gasteiger partial charge is 0.275 e. The molecule has 0 radical (unpaired) electrons. The molecule has 0 N–H and O–H groups in total. The lowest BCUT2D eigenvalue weighted by atomic mass is 10.1. The normalized spacial score (nSPS) is 14.3. The number of ether oxygens (including phenoxy) is 1. The van der Waals surface area contributed by atoms with Crippen LogP contribution in [0.2, 0.25) is 0 Å². The van der Waals surface area contributed by atoms with Crippen LogP contribution in [0.4, 0.5) is 10.2 Å². The molecule has 1 aliphatic heterocycles. The van der Waals surface area contributed by atoms with Crippen molar-refractivity contribution in [2.75, 3.05) is 38.2 Å². The highest BCUT2D eigenvalue weighted by molar-refractivity contribution is 6.04. The highest BCUT2D eigenvalue weighted by Crippen LogP contribution is 2.22. The van der Waals surface area contributed by atoms with E-state index in [-0.39, 0.29) is 23.0 Å². The largest absolute Gasteiger partial charge is 0.481 e. The molecule has 150 valence electrons. The monoisotopic (exact) mass is 397 g/mol. The molecular weight excluding hydrogens is 377 g/mol. The molecule has 0 unspecified atom stereocenters. The number of benzene rings is 1. The van der Waals surface area contributed by atoms with Crippen LogP contribution in [0, 0.1) is 5.82 Å². The number of halogens is 1. The summed E-state index contributed by atoms with van der Waals surface area (Å²) in [5.41, 5.74) is -0.0108. The number of aromatic nitrogens is 3. The lowest BCUT2D eigenvalue weighted by Gasteiger charge is -2.35. The van der Waals surface area contributed by atoms with E-state index < -0.39 is 5.82 Å². The lowest BCUT2D eigenvalue weighted by molar-refractivity contribution is 0.0740. The summed E-state index contributed by atoms with van der Waals surface area (Å²) < 4.78 is 20.4. The van der Waals surface area contributed by atoms with Crippen molar-refractivity contribution in [3.63, 3.8) is 0 Å². The average molecular weight is 397 g/mol. The quantitative estimate of drug-likeness (QED) is 0.665. The molecule has 4 rings (SSSR count). The topological polar surface area (TPSA) is 80.6 Å². The standard InChI is InChI=1S/C20H20FN5O3/c1-24-19(27)14-6-4-3-5-13(14)17(23-24)20(28)26-11-9-25(10-12-26)18-15(21)7-8-16(22-18)29-2/h3-8H,9-12H2,1-2H3. The van der Waals surface area contributed by atoms with E-state index in [4.69, 9.17) is 4.74 Å². The SMILES string of the molecule is COc1ccc(F)c(N2CCN(C(=O)c3nn(C)c(=O)c4ccccc34)CC2)n1. The average Bonchev–Trinajstić information content (AvgIpc) is 2.76. The van der Waals surface area contributed by atoms with E-state index in [1.807, 2.05) is 0 Å². The molecule has 8 nitrogen and oxygen atoms in total. The number of rotatable bonds is 3. The molecular formula is C20H20FN5O3. The Balaban J connectivity index is 1.57. The maximum atomic E-state index is 14.2. The Morgan fingerprint density at radius 2 is 1.76 bits per heavy atom. The van der Waals surface area contributed by atoms with Gasteiger partial charge < -0.3 is 14.5 Å². The summed E-state index contributed by atoms with van der Waals surface area (Å²) in [6.45, 7) is 1.62. The van der Waals surface area contributed by atoms with Gasteiger partial charge in [0.15, 0.2) is 17.3 Å². The molecule has 9 heteroatoms. The summed E-state index contributed by atoms with van der Waals surface area (Å²) >= 11 is 0. The van der Waals surface area contributed by atoms with Gasteiger partial charge in [-0.2, -0.15) is 10.1 Å². The maximum Gasteiger partial charge on any atom is 0.275 e. The summed E-state index contributed by atoms with van der Waals surface area (Å²) in [7, 11) is 3.01. The van der Waals surface area contributed by atoms with Gasteiger partial charge in [0, 0.05) is 44.7 Å². The number of carbonyl (C=O) groups excluding carboxylic acids is 1. The van der Waals surface area contributed by atoms with E-state index in [1.165, 1.54) is 31.0 Å². The molecule has 0 spiro atoms. The van der Waals surface area contributed by atoms with Gasteiger partial charge in [0.2, 0.25) is 5.88 Å². The van der Waals surface area contributed by atoms with Crippen molar-refractivity contribution in [2.45, 2.75) is 0 Å². The first-order valence-electron chi connectivity index (χ1n) is 9.20. The highest BCUT2D eigenvalue weighted by Gasteiger charge is 2.27. The summed E-state index contributed by atoms with van der Waals surface area (Å²) in [6.07, 6.45) is 0. The maximum absolute atomic E-state index is 14.2. The van der Waals surface area contributed by atoms with Crippen molar-refractivity contribution in [2.24, 2.45) is 7.05 Å². The van der Waals surface area contributed by atoms with E-state index in [9.17, 15) is 14.0 Å². The van der Waals surface area contributed by atoms with Gasteiger partial charge in [-0.05, 0) is 12.1 Å². The molecule has 29 heavy (non-hydrogen) atoms. The molecule has 3 heterocycles. The van der Waals surface area contributed by atoms with Crippen molar-refractivity contribution in [3.8, 4) is 5.88 Å². The molecule has 2 aromatic heterocycles. The fourth-order valence-electron chi connectivity index (χ4n) is 3.48. The molecule has 3 aromatic rings. The first kappa shape index (κ1) is 18.9. The molecule has 1 fully saturated rings. The van der Waals surface area contributed by atoms with Crippen molar-refractivity contribution in [1.29, 1.82) is 0 Å². The first-order valence-corrected chi connectivity index (χ1v) is 9.20. The minimum atomic E-state index is -0.434. The van der Waals surface area contributed by atoms with E-state index in [2.05, 4.69) is 10.1 Å². The summed E-state index contributed by atoms with van der Waals surface area (Å²) in [4.78, 5) is 33.0. The van der Waals surface area contributed by atoms with Crippen LogP contribution in [0.25, 0.3) is 10.8 Å². The second-order valence-corrected chi connectivity index (χ2v) is 6.76. The first-order chi connectivity index (χ1) is 14.0. The predicted octanol–water partition coefficient (Wildman–Crippen LogP) is 1.44. The Bertz CT molecular complexity index is 1140. The number of fused-ring (bicyclic) bond motifs is 1. The van der Waals surface area contributed by atoms with Crippen molar-refractivity contribution in [1.82, 2.24) is 19.7 Å². The second-order valence-electron chi connectivity index (χ2n) is 6.76. The van der Waals surface area contributed by atoms with E-state index >= 15 is 0 Å². The van der Waals surface area contributed by atoms with Crippen LogP contribution in [0.15, 0.2) is 41.2 Å². The molecule has 0 bridgehead atoms. The third-order valence-corrected chi connectivity index (χ3v) is 5.04. The number of carbonyl (C=O) groups is 1. The van der Waals surface area contributed by atoms with Crippen LogP contribution in [-0.2, 0) is 7.05 Å². The van der Waals surface area contributed by atoms with Crippen molar-refractivity contribution >= 4 is 22.5 Å². The van der Waals surface area contributed by atoms with Gasteiger partial charge in [-0.25, -0.2) is 9.07 Å². The number of piperazine rings is 1. The Kier molecular flexibility index (Phi) is 4.87. The Morgan fingerprint density at radius 3 is 2.45 bits per heavy atom. The molecule has 1 saturated heterocycles. The molecule has 0 saturated carbocycles. The van der Waals surface area contributed by atoms with Gasteiger partial charge >= 0.3 is 0 Å². The number of amides is 1. The lowest BCUT2D eigenvalue weighted by Crippen LogP contribution is -2.49. The Morgan fingerprint density at radius 1 is 1.07 bits per heavy atom. The van der Waals surface area contributed by atoms with Gasteiger partial charge in [-0.1, -0.05) is 18.2 Å². The number of nitrogens with zero attached hydrogens (tertiary/aromatic N) is 5. The molecule has 1 amide bonds. The third-order valence-electron chi connectivity index (χ3n) is 5.04. The zero-order valence-electron chi connectivity index (χ0n) is 16.1. The number of methoxy groups -OCH3 is 1. The fourth-order valence-corrected chi connectivity index (χ4v) is 3.48. The number of anilines is 1. The fraction of sp³-hybridized carbons (Fsp3) is 0.300. The second kappa shape index (κ2) is 7.50. The molecule has 0 atom stereocenters. The minimum absolute atomic E-state index is 0.210. The van der Waals surface area contributed by atoms with Gasteiger partial charge in [-0.3, -0.25) is 9.59 Å². The van der Waals surface area contributed by atoms with Crippen LogP contribution >= 0.6 is 0 Å². The molecule has 1 aliphatic rings. The van der Waals surface area contributed by atoms with E-state index in [1.54, 1.807) is 34.1 Å². The number of aryl methyl sites for hydroxylation is 1. The molecule has 0 aliphatic carbocycles. The van der Waals surface area contributed by atoms with Crippen LogP contribution in [-0.4, -0.2) is 58.9 Å². The third kappa shape index (κ3) is 3.39. The summed E-state index contributed by atoms with van der Waals surface area (Å²) in [5.74, 6) is -0.144. The Labute approximate surface area is 166 Å². The summed E-state index contributed by atoms with van der Waals surface area (Å²) in [6, 6.07) is 9.73.